The van der Waals surface area contributed by atoms with Crippen LogP contribution in [-0.2, 0) is 10.2 Å². The number of benzene rings is 2. The molecule has 1 amide bonds. The van der Waals surface area contributed by atoms with Crippen LogP contribution < -0.4 is 20.9 Å². The maximum absolute atomic E-state index is 12.1. The van der Waals surface area contributed by atoms with E-state index in [1.807, 2.05) is 34.0 Å². The van der Waals surface area contributed by atoms with E-state index in [-0.39, 0.29) is 12.1 Å². The van der Waals surface area contributed by atoms with Crippen LogP contribution >= 0.6 is 0 Å². The standard InChI is InChI=1S/C19H22N4O/c1-19(2)13-9-15-16(10-14(13)22-18(19)24)21-17(20-15)11-5-7-12(8-6-11)23(3)4/h5-10,17,20-21H,1-4H3,(H,22,24). The van der Waals surface area contributed by atoms with Gasteiger partial charge in [-0.1, -0.05) is 12.1 Å². The summed E-state index contributed by atoms with van der Waals surface area (Å²) in [4.78, 5) is 14.2. The van der Waals surface area contributed by atoms with Crippen molar-refractivity contribution < 1.29 is 4.79 Å². The lowest BCUT2D eigenvalue weighted by Gasteiger charge is -2.16. The number of nitrogens with zero attached hydrogens (tertiary/aromatic N) is 1. The van der Waals surface area contributed by atoms with Crippen molar-refractivity contribution in [2.24, 2.45) is 0 Å². The zero-order chi connectivity index (χ0) is 17.1. The molecule has 124 valence electrons. The Hall–Kier alpha value is -2.69. The molecule has 2 aromatic carbocycles. The lowest BCUT2D eigenvalue weighted by Crippen LogP contribution is -2.26. The Morgan fingerprint density at radius 3 is 2.21 bits per heavy atom. The summed E-state index contributed by atoms with van der Waals surface area (Å²) in [5.74, 6) is 0.0528. The first kappa shape index (κ1) is 14.9. The number of rotatable bonds is 2. The molecule has 0 radical (unpaired) electrons. The molecular weight excluding hydrogens is 300 g/mol. The smallest absolute Gasteiger partial charge is 0.234 e. The zero-order valence-electron chi connectivity index (χ0n) is 14.4. The highest BCUT2D eigenvalue weighted by Gasteiger charge is 2.39. The molecule has 2 aliphatic rings. The molecule has 0 spiro atoms. The highest BCUT2D eigenvalue weighted by Crippen LogP contribution is 2.45. The molecule has 2 aromatic rings. The van der Waals surface area contributed by atoms with Gasteiger partial charge in [-0.2, -0.15) is 0 Å². The van der Waals surface area contributed by atoms with Crippen molar-refractivity contribution in [3.63, 3.8) is 0 Å². The van der Waals surface area contributed by atoms with Gasteiger partial charge in [0.05, 0.1) is 16.8 Å². The summed E-state index contributed by atoms with van der Waals surface area (Å²) >= 11 is 0. The molecule has 0 saturated heterocycles. The zero-order valence-corrected chi connectivity index (χ0v) is 14.4. The van der Waals surface area contributed by atoms with E-state index in [1.54, 1.807) is 0 Å². The second-order valence-electron chi connectivity index (χ2n) is 7.23. The van der Waals surface area contributed by atoms with Gasteiger partial charge in [0.15, 0.2) is 0 Å². The molecule has 0 fully saturated rings. The van der Waals surface area contributed by atoms with Crippen LogP contribution in [-0.4, -0.2) is 20.0 Å². The van der Waals surface area contributed by atoms with Gasteiger partial charge in [0.2, 0.25) is 5.91 Å². The molecule has 2 heterocycles. The van der Waals surface area contributed by atoms with E-state index < -0.39 is 5.41 Å². The molecule has 0 aromatic heterocycles. The number of amides is 1. The van der Waals surface area contributed by atoms with Crippen LogP contribution in [0.5, 0.6) is 0 Å². The van der Waals surface area contributed by atoms with E-state index in [4.69, 9.17) is 0 Å². The maximum Gasteiger partial charge on any atom is 0.234 e. The molecule has 5 heteroatoms. The summed E-state index contributed by atoms with van der Waals surface area (Å²) in [6.07, 6.45) is 0.0394. The first-order valence-corrected chi connectivity index (χ1v) is 8.16. The van der Waals surface area contributed by atoms with Crippen LogP contribution in [0.3, 0.4) is 0 Å². The molecule has 3 N–H and O–H groups in total. The Morgan fingerprint density at radius 1 is 0.958 bits per heavy atom. The predicted octanol–water partition coefficient (Wildman–Crippen LogP) is 3.52. The average molecular weight is 322 g/mol. The Kier molecular flexibility index (Phi) is 3.04. The van der Waals surface area contributed by atoms with Gasteiger partial charge in [-0.3, -0.25) is 4.79 Å². The minimum absolute atomic E-state index is 0.0394. The van der Waals surface area contributed by atoms with Crippen molar-refractivity contribution in [1.29, 1.82) is 0 Å². The molecule has 2 aliphatic heterocycles. The lowest BCUT2D eigenvalue weighted by atomic mass is 9.86. The predicted molar refractivity (Wildman–Crippen MR) is 98.9 cm³/mol. The number of carbonyl (C=O) groups excluding carboxylic acids is 1. The number of carbonyl (C=O) groups is 1. The second-order valence-corrected chi connectivity index (χ2v) is 7.23. The van der Waals surface area contributed by atoms with Crippen molar-refractivity contribution in [2.75, 3.05) is 34.9 Å². The molecular formula is C19H22N4O. The number of fused-ring (bicyclic) bond motifs is 2. The van der Waals surface area contributed by atoms with Gasteiger partial charge in [0, 0.05) is 25.5 Å². The summed E-state index contributed by atoms with van der Waals surface area (Å²) in [6.45, 7) is 3.92. The third-order valence-corrected chi connectivity index (χ3v) is 4.99. The van der Waals surface area contributed by atoms with Crippen molar-refractivity contribution >= 4 is 28.7 Å². The fraction of sp³-hybridized carbons (Fsp3) is 0.316. The van der Waals surface area contributed by atoms with Gasteiger partial charge in [0.25, 0.3) is 0 Å². The molecule has 4 rings (SSSR count). The number of hydrogen-bond acceptors (Lipinski definition) is 4. The number of nitrogens with one attached hydrogen (secondary N) is 3. The molecule has 0 saturated carbocycles. The Morgan fingerprint density at radius 2 is 1.58 bits per heavy atom. The van der Waals surface area contributed by atoms with E-state index in [1.165, 1.54) is 11.3 Å². The van der Waals surface area contributed by atoms with Crippen LogP contribution in [0.25, 0.3) is 0 Å². The molecule has 1 atom stereocenters. The molecule has 5 nitrogen and oxygen atoms in total. The number of hydrogen-bond donors (Lipinski definition) is 3. The van der Waals surface area contributed by atoms with Gasteiger partial charge in [0.1, 0.15) is 6.17 Å². The molecule has 24 heavy (non-hydrogen) atoms. The SMILES string of the molecule is CN(C)c1ccc(C2Nc3cc4c(cc3N2)C(C)(C)C(=O)N4)cc1. The van der Waals surface area contributed by atoms with Gasteiger partial charge in [-0.15, -0.1) is 0 Å². The van der Waals surface area contributed by atoms with Crippen LogP contribution in [0, 0.1) is 0 Å². The minimum Gasteiger partial charge on any atom is -0.378 e. The quantitative estimate of drug-likeness (QED) is 0.792. The molecule has 0 aliphatic carbocycles. The first-order valence-electron chi connectivity index (χ1n) is 8.16. The van der Waals surface area contributed by atoms with E-state index in [0.29, 0.717) is 0 Å². The summed E-state index contributed by atoms with van der Waals surface area (Å²) in [5.41, 5.74) is 5.88. The topological polar surface area (TPSA) is 56.4 Å². The van der Waals surface area contributed by atoms with Crippen LogP contribution in [0.2, 0.25) is 0 Å². The van der Waals surface area contributed by atoms with Crippen molar-refractivity contribution in [1.82, 2.24) is 0 Å². The lowest BCUT2D eigenvalue weighted by molar-refractivity contribution is -0.119. The van der Waals surface area contributed by atoms with Crippen LogP contribution in [0.15, 0.2) is 36.4 Å². The van der Waals surface area contributed by atoms with E-state index in [9.17, 15) is 4.79 Å². The fourth-order valence-corrected chi connectivity index (χ4v) is 3.34. The summed E-state index contributed by atoms with van der Waals surface area (Å²) in [5, 5.41) is 9.99. The Balaban J connectivity index is 1.63. The monoisotopic (exact) mass is 322 g/mol. The average Bonchev–Trinajstić information content (AvgIpc) is 3.05. The van der Waals surface area contributed by atoms with Gasteiger partial charge >= 0.3 is 0 Å². The van der Waals surface area contributed by atoms with Gasteiger partial charge < -0.3 is 20.9 Å². The van der Waals surface area contributed by atoms with E-state index in [0.717, 1.165) is 22.6 Å². The first-order chi connectivity index (χ1) is 11.4. The van der Waals surface area contributed by atoms with Crippen molar-refractivity contribution in [3.8, 4) is 0 Å². The van der Waals surface area contributed by atoms with Crippen LogP contribution in [0.1, 0.15) is 31.1 Å². The number of anilines is 4. The van der Waals surface area contributed by atoms with Crippen LogP contribution in [0.4, 0.5) is 22.7 Å². The normalized spacial score (nSPS) is 19.8. The summed E-state index contributed by atoms with van der Waals surface area (Å²) in [6, 6.07) is 12.6. The second kappa shape index (κ2) is 4.90. The van der Waals surface area contributed by atoms with E-state index >= 15 is 0 Å². The third kappa shape index (κ3) is 2.12. The summed E-state index contributed by atoms with van der Waals surface area (Å²) in [7, 11) is 4.07. The van der Waals surface area contributed by atoms with Crippen molar-refractivity contribution in [2.45, 2.75) is 25.4 Å². The largest absolute Gasteiger partial charge is 0.378 e. The minimum atomic E-state index is -0.489. The molecule has 1 unspecified atom stereocenters. The van der Waals surface area contributed by atoms with Crippen molar-refractivity contribution in [3.05, 3.63) is 47.5 Å². The third-order valence-electron chi connectivity index (χ3n) is 4.99. The fourth-order valence-electron chi connectivity index (χ4n) is 3.34. The van der Waals surface area contributed by atoms with E-state index in [2.05, 4.69) is 51.2 Å². The highest BCUT2D eigenvalue weighted by molar-refractivity contribution is 6.07. The Labute approximate surface area is 142 Å². The summed E-state index contributed by atoms with van der Waals surface area (Å²) < 4.78 is 0. The maximum atomic E-state index is 12.1. The van der Waals surface area contributed by atoms with Gasteiger partial charge in [-0.05, 0) is 49.2 Å². The Bertz CT molecular complexity index is 824. The van der Waals surface area contributed by atoms with Gasteiger partial charge in [-0.25, -0.2) is 0 Å². The molecule has 0 bridgehead atoms. The highest BCUT2D eigenvalue weighted by atomic mass is 16.2.